The van der Waals surface area contributed by atoms with Crippen molar-refractivity contribution in [2.45, 2.75) is 19.9 Å². The standard InChI is InChI=1S/C25H22N2O7S/c1-12-11-16(33-3)9-10-17(12)20(29)18-19(14-5-7-15(28)8-6-14)27(23(31)21(18)30)25-26-13(2)22(35-25)24(32)34-4/h5-11,19,28-29H,1-4H3. The number of phenols is 1. The van der Waals surface area contributed by atoms with Gasteiger partial charge >= 0.3 is 11.9 Å². The molecule has 10 heteroatoms. The third-order valence-electron chi connectivity index (χ3n) is 5.70. The summed E-state index contributed by atoms with van der Waals surface area (Å²) in [4.78, 5) is 44.4. The molecule has 0 aliphatic carbocycles. The highest BCUT2D eigenvalue weighted by Gasteiger charge is 2.48. The lowest BCUT2D eigenvalue weighted by molar-refractivity contribution is -0.132. The Morgan fingerprint density at radius 1 is 1.09 bits per heavy atom. The molecule has 1 amide bonds. The first-order valence-corrected chi connectivity index (χ1v) is 11.3. The molecule has 1 aromatic heterocycles. The molecule has 1 unspecified atom stereocenters. The van der Waals surface area contributed by atoms with Crippen LogP contribution in [0.1, 0.15) is 38.1 Å². The largest absolute Gasteiger partial charge is 0.508 e. The predicted molar refractivity (Wildman–Crippen MR) is 129 cm³/mol. The zero-order valence-corrected chi connectivity index (χ0v) is 20.2. The van der Waals surface area contributed by atoms with Crippen molar-refractivity contribution in [1.29, 1.82) is 0 Å². The van der Waals surface area contributed by atoms with Gasteiger partial charge in [-0.15, -0.1) is 0 Å². The fourth-order valence-corrected chi connectivity index (χ4v) is 4.95. The Hall–Kier alpha value is -4.18. The van der Waals surface area contributed by atoms with Gasteiger partial charge in [0.25, 0.3) is 5.78 Å². The Bertz CT molecular complexity index is 1370. The van der Waals surface area contributed by atoms with E-state index in [1.165, 1.54) is 26.4 Å². The Morgan fingerprint density at radius 2 is 1.77 bits per heavy atom. The molecule has 180 valence electrons. The Labute approximate surface area is 204 Å². The average Bonchev–Trinajstić information content (AvgIpc) is 3.35. The van der Waals surface area contributed by atoms with Crippen molar-refractivity contribution in [3.8, 4) is 11.5 Å². The number of hydrogen-bond donors (Lipinski definition) is 2. The van der Waals surface area contributed by atoms with Crippen LogP contribution >= 0.6 is 11.3 Å². The molecule has 2 heterocycles. The van der Waals surface area contributed by atoms with E-state index in [2.05, 4.69) is 4.98 Å². The predicted octanol–water partition coefficient (Wildman–Crippen LogP) is 3.89. The molecular weight excluding hydrogens is 472 g/mol. The van der Waals surface area contributed by atoms with Crippen LogP contribution < -0.4 is 9.64 Å². The molecular formula is C25H22N2O7S. The molecule has 4 rings (SSSR count). The molecule has 0 spiro atoms. The van der Waals surface area contributed by atoms with Crippen LogP contribution in [-0.4, -0.2) is 47.1 Å². The number of aliphatic hydroxyl groups is 1. The number of aromatic nitrogens is 1. The minimum absolute atomic E-state index is 0.00484. The van der Waals surface area contributed by atoms with E-state index >= 15 is 0 Å². The van der Waals surface area contributed by atoms with Gasteiger partial charge in [-0.2, -0.15) is 0 Å². The quantitative estimate of drug-likeness (QED) is 0.237. The molecule has 1 aliphatic heterocycles. The molecule has 0 saturated carbocycles. The number of hydrogen-bond acceptors (Lipinski definition) is 9. The molecule has 0 bridgehead atoms. The van der Waals surface area contributed by atoms with Crippen LogP contribution in [0.4, 0.5) is 5.13 Å². The zero-order valence-electron chi connectivity index (χ0n) is 19.4. The van der Waals surface area contributed by atoms with E-state index in [1.807, 2.05) is 0 Å². The number of Topliss-reactive ketones (excluding diaryl/α,β-unsaturated/α-hetero) is 1. The van der Waals surface area contributed by atoms with Crippen molar-refractivity contribution in [1.82, 2.24) is 4.98 Å². The molecule has 9 nitrogen and oxygen atoms in total. The Kier molecular flexibility index (Phi) is 6.31. The lowest BCUT2D eigenvalue weighted by Gasteiger charge is -2.23. The van der Waals surface area contributed by atoms with Gasteiger partial charge in [-0.05, 0) is 55.3 Å². The first-order valence-electron chi connectivity index (χ1n) is 10.5. The van der Waals surface area contributed by atoms with Crippen LogP contribution in [0, 0.1) is 13.8 Å². The number of ether oxygens (including phenoxy) is 2. The zero-order chi connectivity index (χ0) is 25.4. The summed E-state index contributed by atoms with van der Waals surface area (Å²) in [5.41, 5.74) is 1.66. The molecule has 2 N–H and O–H groups in total. The van der Waals surface area contributed by atoms with Crippen LogP contribution in [0.25, 0.3) is 5.76 Å². The number of carbonyl (C=O) groups is 3. The highest BCUT2D eigenvalue weighted by atomic mass is 32.1. The van der Waals surface area contributed by atoms with E-state index in [9.17, 15) is 24.6 Å². The SMILES string of the molecule is COC(=O)c1sc(N2C(=O)C(=O)C(=C(O)c3ccc(OC)cc3C)C2c2ccc(O)cc2)nc1C. The number of nitrogens with zero attached hydrogens (tertiary/aromatic N) is 2. The molecule has 0 radical (unpaired) electrons. The second kappa shape index (κ2) is 9.22. The van der Waals surface area contributed by atoms with Gasteiger partial charge in [0.2, 0.25) is 0 Å². The van der Waals surface area contributed by atoms with Gasteiger partial charge in [-0.25, -0.2) is 9.78 Å². The van der Waals surface area contributed by atoms with Gasteiger partial charge in [0.15, 0.2) is 5.13 Å². The first kappa shape index (κ1) is 24.0. The third-order valence-corrected chi connectivity index (χ3v) is 6.84. The summed E-state index contributed by atoms with van der Waals surface area (Å²) < 4.78 is 10.0. The molecule has 1 saturated heterocycles. The van der Waals surface area contributed by atoms with E-state index in [1.54, 1.807) is 44.2 Å². The van der Waals surface area contributed by atoms with E-state index in [4.69, 9.17) is 9.47 Å². The fourth-order valence-electron chi connectivity index (χ4n) is 3.94. The highest BCUT2D eigenvalue weighted by molar-refractivity contribution is 7.17. The van der Waals surface area contributed by atoms with Crippen molar-refractivity contribution in [3.05, 3.63) is 75.3 Å². The number of aryl methyl sites for hydroxylation is 2. The number of ketones is 1. The van der Waals surface area contributed by atoms with Crippen LogP contribution in [-0.2, 0) is 14.3 Å². The number of esters is 1. The van der Waals surface area contributed by atoms with Gasteiger partial charge in [0.05, 0.1) is 31.5 Å². The highest BCUT2D eigenvalue weighted by Crippen LogP contribution is 2.44. The molecule has 2 aromatic carbocycles. The summed E-state index contributed by atoms with van der Waals surface area (Å²) in [6, 6.07) is 9.83. The smallest absolute Gasteiger partial charge is 0.350 e. The second-order valence-corrected chi connectivity index (χ2v) is 8.82. The number of rotatable bonds is 5. The normalized spacial score (nSPS) is 17.0. The van der Waals surface area contributed by atoms with Gasteiger partial charge in [-0.3, -0.25) is 14.5 Å². The van der Waals surface area contributed by atoms with Crippen molar-refractivity contribution >= 4 is 39.9 Å². The first-order chi connectivity index (χ1) is 16.7. The van der Waals surface area contributed by atoms with Gasteiger partial charge in [0, 0.05) is 5.56 Å². The van der Waals surface area contributed by atoms with Gasteiger partial charge in [-0.1, -0.05) is 23.5 Å². The van der Waals surface area contributed by atoms with Crippen molar-refractivity contribution in [3.63, 3.8) is 0 Å². The van der Waals surface area contributed by atoms with Crippen LogP contribution in [0.2, 0.25) is 0 Å². The maximum absolute atomic E-state index is 13.3. The summed E-state index contributed by atoms with van der Waals surface area (Å²) in [6.45, 7) is 3.34. The van der Waals surface area contributed by atoms with Crippen molar-refractivity contribution in [2.24, 2.45) is 0 Å². The number of thiazole rings is 1. The van der Waals surface area contributed by atoms with Gasteiger partial charge < -0.3 is 19.7 Å². The summed E-state index contributed by atoms with van der Waals surface area (Å²) >= 11 is 0.912. The summed E-state index contributed by atoms with van der Waals surface area (Å²) in [7, 11) is 2.75. The van der Waals surface area contributed by atoms with E-state index in [0.717, 1.165) is 16.2 Å². The van der Waals surface area contributed by atoms with E-state index < -0.39 is 23.7 Å². The summed E-state index contributed by atoms with van der Waals surface area (Å²) in [5, 5.41) is 21.2. The number of anilines is 1. The topological polar surface area (TPSA) is 126 Å². The number of benzene rings is 2. The Morgan fingerprint density at radius 3 is 2.37 bits per heavy atom. The average molecular weight is 495 g/mol. The van der Waals surface area contributed by atoms with Crippen molar-refractivity contribution in [2.75, 3.05) is 19.1 Å². The minimum atomic E-state index is -1.05. The number of methoxy groups -OCH3 is 2. The number of amides is 1. The van der Waals surface area contributed by atoms with Crippen LogP contribution in [0.3, 0.4) is 0 Å². The summed E-state index contributed by atoms with van der Waals surface area (Å²) in [6.07, 6.45) is 0. The van der Waals surface area contributed by atoms with E-state index in [-0.39, 0.29) is 27.1 Å². The second-order valence-electron chi connectivity index (χ2n) is 7.84. The fraction of sp³-hybridized carbons (Fsp3) is 0.200. The molecule has 35 heavy (non-hydrogen) atoms. The van der Waals surface area contributed by atoms with Crippen molar-refractivity contribution < 1.29 is 34.1 Å². The Balaban J connectivity index is 1.94. The third kappa shape index (κ3) is 4.12. The van der Waals surface area contributed by atoms with Gasteiger partial charge in [0.1, 0.15) is 22.1 Å². The maximum atomic E-state index is 13.3. The lowest BCUT2D eigenvalue weighted by Crippen LogP contribution is -2.29. The number of carbonyl (C=O) groups excluding carboxylic acids is 3. The minimum Gasteiger partial charge on any atom is -0.508 e. The molecule has 3 aromatic rings. The van der Waals surface area contributed by atoms with Crippen LogP contribution in [0.15, 0.2) is 48.0 Å². The maximum Gasteiger partial charge on any atom is 0.350 e. The number of aliphatic hydroxyl groups excluding tert-OH is 1. The number of phenolic OH excluding ortho intramolecular Hbond substituents is 1. The van der Waals surface area contributed by atoms with Crippen LogP contribution in [0.5, 0.6) is 11.5 Å². The monoisotopic (exact) mass is 494 g/mol. The number of aromatic hydroxyl groups is 1. The summed E-state index contributed by atoms with van der Waals surface area (Å²) in [5.74, 6) is -2.20. The molecule has 1 atom stereocenters. The molecule has 1 fully saturated rings. The van der Waals surface area contributed by atoms with E-state index in [0.29, 0.717) is 28.1 Å². The molecule has 1 aliphatic rings. The lowest BCUT2D eigenvalue weighted by atomic mass is 9.94.